The third-order valence-corrected chi connectivity index (χ3v) is 3.16. The van der Waals surface area contributed by atoms with Crippen LogP contribution in [0.3, 0.4) is 0 Å². The van der Waals surface area contributed by atoms with Gasteiger partial charge >= 0.3 is 5.97 Å². The van der Waals surface area contributed by atoms with Crippen LogP contribution < -0.4 is 9.47 Å². The summed E-state index contributed by atoms with van der Waals surface area (Å²) in [6, 6.07) is 1.48. The minimum atomic E-state index is -0.975. The summed E-state index contributed by atoms with van der Waals surface area (Å²) in [7, 11) is 0. The van der Waals surface area contributed by atoms with Gasteiger partial charge in [0, 0.05) is 11.6 Å². The Morgan fingerprint density at radius 3 is 3.00 bits per heavy atom. The van der Waals surface area contributed by atoms with Crippen molar-refractivity contribution < 1.29 is 23.8 Å². The Balaban J connectivity index is 2.42. The maximum absolute atomic E-state index is 13.9. The summed E-state index contributed by atoms with van der Waals surface area (Å²) in [5.74, 6) is -1.42. The van der Waals surface area contributed by atoms with E-state index in [0.717, 1.165) is 0 Å². The van der Waals surface area contributed by atoms with Crippen LogP contribution in [0.25, 0.3) is 0 Å². The van der Waals surface area contributed by atoms with Gasteiger partial charge in [0.05, 0.1) is 10.4 Å². The fourth-order valence-electron chi connectivity index (χ4n) is 1.63. The summed E-state index contributed by atoms with van der Waals surface area (Å²) in [6.07, 6.45) is 0.0618. The quantitative estimate of drug-likeness (QED) is 0.932. The number of carboxylic acids is 1. The number of halogens is 2. The molecule has 1 heterocycles. The molecule has 1 aliphatic heterocycles. The summed E-state index contributed by atoms with van der Waals surface area (Å²) in [5, 5.41) is 8.85. The summed E-state index contributed by atoms with van der Waals surface area (Å²) in [4.78, 5) is 10.8. The number of carboxylic acid groups (broad SMARTS) is 1. The zero-order chi connectivity index (χ0) is 12.6. The van der Waals surface area contributed by atoms with Crippen molar-refractivity contribution in [2.75, 3.05) is 6.79 Å². The first-order valence-electron chi connectivity index (χ1n) is 5.00. The lowest BCUT2D eigenvalue weighted by Crippen LogP contribution is -2.13. The van der Waals surface area contributed by atoms with Gasteiger partial charge in [0.25, 0.3) is 0 Å². The van der Waals surface area contributed by atoms with Gasteiger partial charge in [-0.05, 0) is 22.4 Å². The summed E-state index contributed by atoms with van der Waals surface area (Å²) in [6.45, 7) is 1.55. The smallest absolute Gasteiger partial charge is 0.306 e. The van der Waals surface area contributed by atoms with E-state index in [1.165, 1.54) is 13.0 Å². The van der Waals surface area contributed by atoms with E-state index in [-0.39, 0.29) is 23.2 Å². The fourth-order valence-corrected chi connectivity index (χ4v) is 2.08. The number of hydrogen-bond donors (Lipinski definition) is 1. The molecule has 1 atom stereocenters. The molecule has 0 amide bonds. The first-order chi connectivity index (χ1) is 8.00. The van der Waals surface area contributed by atoms with E-state index in [2.05, 4.69) is 15.9 Å². The molecule has 0 fully saturated rings. The van der Waals surface area contributed by atoms with Gasteiger partial charge in [0.2, 0.25) is 6.79 Å². The Hall–Kier alpha value is -1.30. The predicted molar refractivity (Wildman–Crippen MR) is 60.7 cm³/mol. The second-order valence-corrected chi connectivity index (χ2v) is 4.68. The number of fused-ring (bicyclic) bond motifs is 1. The molecule has 0 aliphatic carbocycles. The first kappa shape index (κ1) is 12.2. The van der Waals surface area contributed by atoms with E-state index in [1.807, 2.05) is 0 Å². The number of hydrogen-bond acceptors (Lipinski definition) is 3. The van der Waals surface area contributed by atoms with E-state index in [9.17, 15) is 9.18 Å². The van der Waals surface area contributed by atoms with Gasteiger partial charge in [-0.25, -0.2) is 4.39 Å². The molecule has 1 aromatic rings. The van der Waals surface area contributed by atoms with E-state index < -0.39 is 17.7 Å². The van der Waals surface area contributed by atoms with Gasteiger partial charge < -0.3 is 14.6 Å². The summed E-state index contributed by atoms with van der Waals surface area (Å²) >= 11 is 3.07. The Morgan fingerprint density at radius 2 is 2.35 bits per heavy atom. The van der Waals surface area contributed by atoms with Gasteiger partial charge in [-0.15, -0.1) is 0 Å². The Bertz CT molecular complexity index is 475. The molecule has 1 N–H and O–H groups in total. The Morgan fingerprint density at radius 1 is 1.65 bits per heavy atom. The second kappa shape index (κ2) is 4.52. The van der Waals surface area contributed by atoms with E-state index in [4.69, 9.17) is 14.6 Å². The summed E-state index contributed by atoms with van der Waals surface area (Å²) in [5.41, 5.74) is 0.238. The van der Waals surface area contributed by atoms with Crippen molar-refractivity contribution in [3.8, 4) is 11.5 Å². The normalized spacial score (nSPS) is 14.8. The number of benzene rings is 1. The molecule has 92 valence electrons. The average Bonchev–Trinajstić information content (AvgIpc) is 2.71. The number of aliphatic carboxylic acids is 1. The third kappa shape index (κ3) is 2.22. The zero-order valence-corrected chi connectivity index (χ0v) is 10.6. The van der Waals surface area contributed by atoms with Crippen LogP contribution in [0.5, 0.6) is 11.5 Å². The van der Waals surface area contributed by atoms with Crippen LogP contribution in [-0.4, -0.2) is 17.9 Å². The maximum Gasteiger partial charge on any atom is 0.306 e. The van der Waals surface area contributed by atoms with Crippen molar-refractivity contribution >= 4 is 21.9 Å². The van der Waals surface area contributed by atoms with Crippen molar-refractivity contribution in [2.24, 2.45) is 5.92 Å². The molecule has 1 aliphatic rings. The largest absolute Gasteiger partial charge is 0.481 e. The standard InChI is InChI=1S/C11H10BrFO4/c1-5(11(14)15)2-6-9(13)7(12)3-8-10(6)17-4-16-8/h3,5H,2,4H2,1H3,(H,14,15). The SMILES string of the molecule is CC(Cc1c(F)c(Br)cc2c1OCO2)C(=O)O. The van der Waals surface area contributed by atoms with Crippen LogP contribution >= 0.6 is 15.9 Å². The highest BCUT2D eigenvalue weighted by molar-refractivity contribution is 9.10. The molecule has 0 saturated carbocycles. The van der Waals surface area contributed by atoms with Crippen LogP contribution in [0.15, 0.2) is 10.5 Å². The van der Waals surface area contributed by atoms with Crippen LogP contribution in [0.4, 0.5) is 4.39 Å². The van der Waals surface area contributed by atoms with Gasteiger partial charge in [-0.2, -0.15) is 0 Å². The van der Waals surface area contributed by atoms with Crippen molar-refractivity contribution in [3.63, 3.8) is 0 Å². The second-order valence-electron chi connectivity index (χ2n) is 3.83. The molecule has 1 aromatic carbocycles. The molecule has 0 radical (unpaired) electrons. The van der Waals surface area contributed by atoms with Crippen LogP contribution in [-0.2, 0) is 11.2 Å². The minimum Gasteiger partial charge on any atom is -0.481 e. The zero-order valence-electron chi connectivity index (χ0n) is 9.00. The highest BCUT2D eigenvalue weighted by Crippen LogP contribution is 2.41. The predicted octanol–water partition coefficient (Wildman–Crippen LogP) is 2.58. The molecule has 1 unspecified atom stereocenters. The fraction of sp³-hybridized carbons (Fsp3) is 0.364. The molecule has 0 spiro atoms. The third-order valence-electron chi connectivity index (χ3n) is 2.58. The van der Waals surface area contributed by atoms with Crippen LogP contribution in [0.1, 0.15) is 12.5 Å². The van der Waals surface area contributed by atoms with Crippen molar-refractivity contribution in [3.05, 3.63) is 21.9 Å². The topological polar surface area (TPSA) is 55.8 Å². The molecule has 0 aromatic heterocycles. The highest BCUT2D eigenvalue weighted by Gasteiger charge is 2.26. The lowest BCUT2D eigenvalue weighted by molar-refractivity contribution is -0.141. The summed E-state index contributed by atoms with van der Waals surface area (Å²) < 4.78 is 24.5. The first-order valence-corrected chi connectivity index (χ1v) is 5.79. The molecule has 6 heteroatoms. The Labute approximate surface area is 105 Å². The highest BCUT2D eigenvalue weighted by atomic mass is 79.9. The van der Waals surface area contributed by atoms with E-state index >= 15 is 0 Å². The lowest BCUT2D eigenvalue weighted by Gasteiger charge is -2.11. The minimum absolute atomic E-state index is 0.0275. The maximum atomic E-state index is 13.9. The molecule has 0 saturated heterocycles. The van der Waals surface area contributed by atoms with Gasteiger partial charge in [0.1, 0.15) is 5.82 Å². The van der Waals surface area contributed by atoms with E-state index in [1.54, 1.807) is 0 Å². The monoisotopic (exact) mass is 304 g/mol. The van der Waals surface area contributed by atoms with Gasteiger partial charge in [0.15, 0.2) is 11.5 Å². The molecule has 0 bridgehead atoms. The van der Waals surface area contributed by atoms with Crippen molar-refractivity contribution in [1.29, 1.82) is 0 Å². The van der Waals surface area contributed by atoms with E-state index in [0.29, 0.717) is 11.5 Å². The molecule has 2 rings (SSSR count). The number of rotatable bonds is 3. The van der Waals surface area contributed by atoms with Crippen LogP contribution in [0, 0.1) is 11.7 Å². The molecular formula is C11H10BrFO4. The number of carbonyl (C=O) groups is 1. The number of ether oxygens (including phenoxy) is 2. The van der Waals surface area contributed by atoms with Gasteiger partial charge in [-0.1, -0.05) is 6.92 Å². The molecule has 4 nitrogen and oxygen atoms in total. The van der Waals surface area contributed by atoms with Crippen molar-refractivity contribution in [2.45, 2.75) is 13.3 Å². The van der Waals surface area contributed by atoms with Gasteiger partial charge in [-0.3, -0.25) is 4.79 Å². The molecule has 17 heavy (non-hydrogen) atoms. The lowest BCUT2D eigenvalue weighted by atomic mass is 9.99. The van der Waals surface area contributed by atoms with Crippen LogP contribution in [0.2, 0.25) is 0 Å². The molecular weight excluding hydrogens is 295 g/mol. The van der Waals surface area contributed by atoms with Crippen molar-refractivity contribution in [1.82, 2.24) is 0 Å². The Kier molecular flexibility index (Phi) is 3.24. The average molecular weight is 305 g/mol.